The van der Waals surface area contributed by atoms with Gasteiger partial charge >= 0.3 is 0 Å². The van der Waals surface area contributed by atoms with E-state index in [1.165, 1.54) is 18.4 Å². The molecular weight excluding hydrogens is 468 g/mol. The Morgan fingerprint density at radius 2 is 1.59 bits per heavy atom. The number of likely N-dealkylation sites (tertiary alicyclic amines) is 1. The van der Waals surface area contributed by atoms with Crippen molar-refractivity contribution in [2.75, 3.05) is 13.1 Å². The van der Waals surface area contributed by atoms with E-state index in [0.717, 1.165) is 41.9 Å². The number of rotatable bonds is 7. The molecule has 37 heavy (non-hydrogen) atoms. The molecule has 1 unspecified atom stereocenters. The average Bonchev–Trinajstić information content (AvgIpc) is 3.14. The van der Waals surface area contributed by atoms with Crippen LogP contribution in [-0.2, 0) is 22.7 Å². The molecule has 2 aliphatic heterocycles. The highest BCUT2D eigenvalue weighted by Crippen LogP contribution is 2.34. The first-order chi connectivity index (χ1) is 17.8. The summed E-state index contributed by atoms with van der Waals surface area (Å²) in [4.78, 5) is 53.8. The van der Waals surface area contributed by atoms with Gasteiger partial charge in [-0.05, 0) is 67.4 Å². The maximum absolute atomic E-state index is 13.2. The highest BCUT2D eigenvalue weighted by atomic mass is 16.5. The van der Waals surface area contributed by atoms with Gasteiger partial charge in [0.05, 0.1) is 23.6 Å². The van der Waals surface area contributed by atoms with Crippen molar-refractivity contribution < 1.29 is 23.9 Å². The van der Waals surface area contributed by atoms with Gasteiger partial charge in [-0.15, -0.1) is 0 Å². The molecule has 5 rings (SSSR count). The van der Waals surface area contributed by atoms with E-state index in [1.807, 2.05) is 12.1 Å². The van der Waals surface area contributed by atoms with Crippen LogP contribution in [0.4, 0.5) is 0 Å². The summed E-state index contributed by atoms with van der Waals surface area (Å²) in [5, 5.41) is 0. The number of carbonyl (C=O) groups is 4. The zero-order chi connectivity index (χ0) is 26.1. The van der Waals surface area contributed by atoms with Gasteiger partial charge in [-0.1, -0.05) is 44.2 Å². The molecule has 2 aromatic rings. The van der Waals surface area contributed by atoms with Crippen LogP contribution in [0.15, 0.2) is 42.5 Å². The molecule has 2 aromatic carbocycles. The van der Waals surface area contributed by atoms with Crippen molar-refractivity contribution in [1.29, 1.82) is 0 Å². The number of fused-ring (bicyclic) bond motifs is 1. The van der Waals surface area contributed by atoms with E-state index in [2.05, 4.69) is 30.9 Å². The van der Waals surface area contributed by atoms with Crippen molar-refractivity contribution in [3.63, 3.8) is 0 Å². The number of nitrogens with zero attached hydrogens (tertiary/aromatic N) is 2. The fraction of sp³-hybridized carbons (Fsp3) is 0.467. The highest BCUT2D eigenvalue weighted by Gasteiger charge is 2.45. The van der Waals surface area contributed by atoms with Gasteiger partial charge < -0.3 is 4.74 Å². The Labute approximate surface area is 217 Å². The molecule has 2 fully saturated rings. The smallest absolute Gasteiger partial charge is 0.266 e. The number of carbonyl (C=O) groups excluding carboxylic acids is 4. The first-order valence-corrected chi connectivity index (χ1v) is 13.3. The van der Waals surface area contributed by atoms with Crippen molar-refractivity contribution in [1.82, 2.24) is 9.80 Å². The predicted molar refractivity (Wildman–Crippen MR) is 138 cm³/mol. The Morgan fingerprint density at radius 3 is 2.27 bits per heavy atom. The Kier molecular flexibility index (Phi) is 7.24. The number of hydrogen-bond donors (Lipinski definition) is 0. The lowest BCUT2D eigenvalue weighted by Crippen LogP contribution is -2.47. The Morgan fingerprint density at radius 1 is 0.892 bits per heavy atom. The zero-order valence-electron chi connectivity index (χ0n) is 21.6. The number of imide groups is 1. The number of hydrogen-bond acceptors (Lipinski definition) is 6. The molecule has 2 heterocycles. The van der Waals surface area contributed by atoms with Crippen LogP contribution in [0, 0.1) is 11.8 Å². The van der Waals surface area contributed by atoms with E-state index < -0.39 is 17.9 Å². The molecule has 7 heteroatoms. The fourth-order valence-corrected chi connectivity index (χ4v) is 5.75. The Balaban J connectivity index is 1.22. The van der Waals surface area contributed by atoms with Gasteiger partial charge in [0.15, 0.2) is 5.78 Å². The van der Waals surface area contributed by atoms with Crippen LogP contribution >= 0.6 is 0 Å². The van der Waals surface area contributed by atoms with Crippen LogP contribution in [-0.4, -0.2) is 52.3 Å². The maximum atomic E-state index is 13.2. The van der Waals surface area contributed by atoms with E-state index >= 15 is 0 Å². The van der Waals surface area contributed by atoms with Gasteiger partial charge in [0.1, 0.15) is 18.1 Å². The van der Waals surface area contributed by atoms with Crippen molar-refractivity contribution in [2.24, 2.45) is 11.8 Å². The number of amides is 2. The molecule has 2 amide bonds. The standard InChI is InChI=1S/C30H34N2O5/c1-19(2)22-12-14-31(15-13-22)17-20-6-8-21(9-7-20)18-37-27-5-3-4-24-28(27)30(36)32(29(24)35)25-11-10-23(33)16-26(25)34/h3-9,19,22,25H,10-18H2,1-2H3. The minimum atomic E-state index is -0.887. The van der Waals surface area contributed by atoms with Gasteiger partial charge in [0.25, 0.3) is 11.8 Å². The van der Waals surface area contributed by atoms with Crippen molar-refractivity contribution in [3.8, 4) is 5.75 Å². The molecule has 1 atom stereocenters. The summed E-state index contributed by atoms with van der Waals surface area (Å²) in [7, 11) is 0. The maximum Gasteiger partial charge on any atom is 0.266 e. The van der Waals surface area contributed by atoms with Crippen LogP contribution in [0.2, 0.25) is 0 Å². The van der Waals surface area contributed by atoms with Gasteiger partial charge in [-0.2, -0.15) is 0 Å². The highest BCUT2D eigenvalue weighted by molar-refractivity contribution is 6.24. The van der Waals surface area contributed by atoms with Gasteiger partial charge in [-0.3, -0.25) is 29.0 Å². The van der Waals surface area contributed by atoms with Gasteiger partial charge in [0.2, 0.25) is 0 Å². The minimum Gasteiger partial charge on any atom is -0.488 e. The zero-order valence-corrected chi connectivity index (χ0v) is 21.6. The normalized spacial score (nSPS) is 21.2. The van der Waals surface area contributed by atoms with Crippen molar-refractivity contribution in [3.05, 3.63) is 64.7 Å². The SMILES string of the molecule is CC(C)C1CCN(Cc2ccc(COc3cccc4c3C(=O)N(C3CCC(=O)CC3=O)C4=O)cc2)CC1. The topological polar surface area (TPSA) is 84.0 Å². The van der Waals surface area contributed by atoms with Crippen LogP contribution < -0.4 is 4.74 Å². The van der Waals surface area contributed by atoms with Crippen molar-refractivity contribution in [2.45, 2.75) is 65.1 Å². The van der Waals surface area contributed by atoms with Crippen LogP contribution in [0.25, 0.3) is 0 Å². The lowest BCUT2D eigenvalue weighted by molar-refractivity contribution is -0.132. The third kappa shape index (κ3) is 5.23. The quantitative estimate of drug-likeness (QED) is 0.412. The van der Waals surface area contributed by atoms with Crippen LogP contribution in [0.1, 0.15) is 77.8 Å². The molecule has 1 saturated heterocycles. The lowest BCUT2D eigenvalue weighted by Gasteiger charge is -2.33. The molecule has 0 spiro atoms. The number of ether oxygens (including phenoxy) is 1. The summed E-state index contributed by atoms with van der Waals surface area (Å²) in [5.41, 5.74) is 2.66. The van der Waals surface area contributed by atoms with E-state index in [0.29, 0.717) is 5.75 Å². The Hall–Kier alpha value is -3.32. The summed E-state index contributed by atoms with van der Waals surface area (Å²) < 4.78 is 6.01. The molecule has 7 nitrogen and oxygen atoms in total. The molecule has 3 aliphatic rings. The molecule has 0 N–H and O–H groups in total. The van der Waals surface area contributed by atoms with E-state index in [-0.39, 0.29) is 48.6 Å². The molecule has 0 bridgehead atoms. The molecule has 1 aliphatic carbocycles. The molecule has 1 saturated carbocycles. The molecule has 0 radical (unpaired) electrons. The molecule has 0 aromatic heterocycles. The second kappa shape index (κ2) is 10.6. The third-order valence-electron chi connectivity index (χ3n) is 8.06. The summed E-state index contributed by atoms with van der Waals surface area (Å²) in [6.45, 7) is 8.11. The first-order valence-electron chi connectivity index (χ1n) is 13.3. The number of ketones is 2. The fourth-order valence-electron chi connectivity index (χ4n) is 5.75. The number of Topliss-reactive ketones (excluding diaryl/α,β-unsaturated/α-hetero) is 2. The van der Waals surface area contributed by atoms with E-state index in [1.54, 1.807) is 18.2 Å². The van der Waals surface area contributed by atoms with E-state index in [4.69, 9.17) is 4.74 Å². The largest absolute Gasteiger partial charge is 0.488 e. The minimum absolute atomic E-state index is 0.149. The lowest BCUT2D eigenvalue weighted by atomic mass is 9.86. The van der Waals surface area contributed by atoms with Crippen LogP contribution in [0.3, 0.4) is 0 Å². The first kappa shape index (κ1) is 25.3. The van der Waals surface area contributed by atoms with Crippen LogP contribution in [0.5, 0.6) is 5.75 Å². The summed E-state index contributed by atoms with van der Waals surface area (Å²) in [6.07, 6.45) is 2.67. The second-order valence-electron chi connectivity index (χ2n) is 10.9. The average molecular weight is 503 g/mol. The van der Waals surface area contributed by atoms with E-state index in [9.17, 15) is 19.2 Å². The monoisotopic (exact) mass is 502 g/mol. The van der Waals surface area contributed by atoms with Gasteiger partial charge in [0, 0.05) is 13.0 Å². The molecular formula is C30H34N2O5. The summed E-state index contributed by atoms with van der Waals surface area (Å²) in [6, 6.07) is 12.4. The number of piperidine rings is 1. The van der Waals surface area contributed by atoms with Gasteiger partial charge in [-0.25, -0.2) is 0 Å². The van der Waals surface area contributed by atoms with Crippen molar-refractivity contribution >= 4 is 23.4 Å². The summed E-state index contributed by atoms with van der Waals surface area (Å²) >= 11 is 0. The molecule has 194 valence electrons. The summed E-state index contributed by atoms with van der Waals surface area (Å²) in [5.74, 6) is 0.358. The third-order valence-corrected chi connectivity index (χ3v) is 8.06. The Bertz CT molecular complexity index is 1210. The predicted octanol–water partition coefficient (Wildman–Crippen LogP) is 4.42. The second-order valence-corrected chi connectivity index (χ2v) is 10.9. The number of benzene rings is 2.